The third-order valence-corrected chi connectivity index (χ3v) is 3.56. The van der Waals surface area contributed by atoms with Gasteiger partial charge in [-0.3, -0.25) is 14.6 Å². The number of nitrogens with zero attached hydrogens (tertiary/aromatic N) is 1. The number of carbonyl (C=O) groups is 2. The topological polar surface area (TPSA) is 80.3 Å². The van der Waals surface area contributed by atoms with Gasteiger partial charge in [-0.2, -0.15) is 0 Å². The molecule has 142 valence electrons. The fourth-order valence-corrected chi connectivity index (χ4v) is 2.09. The fourth-order valence-electron chi connectivity index (χ4n) is 1.98. The highest BCUT2D eigenvalue weighted by Crippen LogP contribution is 2.20. The highest BCUT2D eigenvalue weighted by molar-refractivity contribution is 6.30. The Morgan fingerprint density at radius 3 is 2.70 bits per heavy atom. The minimum absolute atomic E-state index is 0.0451. The van der Waals surface area contributed by atoms with Gasteiger partial charge in [-0.05, 0) is 18.2 Å². The zero-order chi connectivity index (χ0) is 19.8. The molecule has 1 aromatic carbocycles. The van der Waals surface area contributed by atoms with Gasteiger partial charge in [-0.25, -0.2) is 8.78 Å². The Bertz CT molecular complexity index is 861. The second kappa shape index (κ2) is 9.63. The Morgan fingerprint density at radius 2 is 2.00 bits per heavy atom. The van der Waals surface area contributed by atoms with E-state index in [9.17, 15) is 18.4 Å². The average molecular weight is 396 g/mol. The van der Waals surface area contributed by atoms with Crippen LogP contribution in [-0.4, -0.2) is 29.9 Å². The molecule has 27 heavy (non-hydrogen) atoms. The van der Waals surface area contributed by atoms with Crippen LogP contribution in [0.3, 0.4) is 0 Å². The van der Waals surface area contributed by atoms with E-state index in [-0.39, 0.29) is 35.9 Å². The molecule has 9 heteroatoms. The van der Waals surface area contributed by atoms with Crippen LogP contribution in [0.15, 0.2) is 48.9 Å². The van der Waals surface area contributed by atoms with Crippen LogP contribution in [0.1, 0.15) is 16.8 Å². The van der Waals surface area contributed by atoms with Crippen molar-refractivity contribution in [1.29, 1.82) is 0 Å². The van der Waals surface area contributed by atoms with Crippen molar-refractivity contribution >= 4 is 23.4 Å². The van der Waals surface area contributed by atoms with Gasteiger partial charge in [0, 0.05) is 30.9 Å². The molecule has 0 aliphatic carbocycles. The zero-order valence-electron chi connectivity index (χ0n) is 14.1. The highest BCUT2D eigenvalue weighted by Gasteiger charge is 2.09. The number of carbonyl (C=O) groups excluding carboxylic acids is 2. The van der Waals surface area contributed by atoms with Crippen LogP contribution in [0, 0.1) is 11.6 Å². The Labute approximate surface area is 159 Å². The van der Waals surface area contributed by atoms with Crippen molar-refractivity contribution < 1.29 is 23.1 Å². The summed E-state index contributed by atoms with van der Waals surface area (Å²) in [7, 11) is 0. The molecule has 2 amide bonds. The first-order valence-corrected chi connectivity index (χ1v) is 8.17. The Morgan fingerprint density at radius 1 is 1.22 bits per heavy atom. The number of amides is 2. The van der Waals surface area contributed by atoms with E-state index in [1.165, 1.54) is 18.3 Å². The number of halogens is 3. The molecule has 1 aromatic heterocycles. The van der Waals surface area contributed by atoms with Gasteiger partial charge in [0.15, 0.2) is 6.61 Å². The van der Waals surface area contributed by atoms with Crippen LogP contribution >= 0.6 is 11.6 Å². The van der Waals surface area contributed by atoms with Gasteiger partial charge in [0.25, 0.3) is 11.8 Å². The monoisotopic (exact) mass is 395 g/mol. The van der Waals surface area contributed by atoms with Gasteiger partial charge in [0.05, 0.1) is 16.8 Å². The lowest BCUT2D eigenvalue weighted by Crippen LogP contribution is -2.31. The first-order chi connectivity index (χ1) is 12.8. The third-order valence-electron chi connectivity index (χ3n) is 3.26. The van der Waals surface area contributed by atoms with Crippen LogP contribution in [0.5, 0.6) is 5.75 Å². The molecular formula is C18H16ClF2N3O3. The molecule has 0 aliphatic rings. The average Bonchev–Trinajstić information content (AvgIpc) is 2.62. The van der Waals surface area contributed by atoms with E-state index in [2.05, 4.69) is 22.2 Å². The van der Waals surface area contributed by atoms with Crippen molar-refractivity contribution in [1.82, 2.24) is 15.6 Å². The second-order valence-corrected chi connectivity index (χ2v) is 5.82. The number of nitrogens with one attached hydrogen (secondary N) is 2. The summed E-state index contributed by atoms with van der Waals surface area (Å²) in [6.07, 6.45) is 2.50. The standard InChI is InChI=1S/C18H16ClF2N3O3/c1-11(4-5-23-18(26)12-6-13(20)9-22-8-12)24-17(25)10-27-14-2-3-15(19)16(21)7-14/h2-3,6-9H,1,4-5,10H2,(H,23,26)(H,24,25). The van der Waals surface area contributed by atoms with Crippen molar-refractivity contribution in [2.45, 2.75) is 6.42 Å². The first kappa shape index (κ1) is 20.3. The smallest absolute Gasteiger partial charge is 0.262 e. The molecule has 0 saturated carbocycles. The van der Waals surface area contributed by atoms with Crippen LogP contribution in [0.4, 0.5) is 8.78 Å². The normalized spacial score (nSPS) is 10.2. The molecule has 0 atom stereocenters. The summed E-state index contributed by atoms with van der Waals surface area (Å²) >= 11 is 5.56. The molecule has 0 fully saturated rings. The molecule has 0 saturated heterocycles. The van der Waals surface area contributed by atoms with Gasteiger partial charge < -0.3 is 15.4 Å². The lowest BCUT2D eigenvalue weighted by atomic mass is 10.2. The summed E-state index contributed by atoms with van der Waals surface area (Å²) in [6.45, 7) is 3.50. The second-order valence-electron chi connectivity index (χ2n) is 5.41. The van der Waals surface area contributed by atoms with E-state index in [1.54, 1.807) is 0 Å². The number of hydrogen-bond acceptors (Lipinski definition) is 4. The highest BCUT2D eigenvalue weighted by atomic mass is 35.5. The van der Waals surface area contributed by atoms with Gasteiger partial charge in [-0.1, -0.05) is 18.2 Å². The van der Waals surface area contributed by atoms with Gasteiger partial charge in [0.1, 0.15) is 17.4 Å². The van der Waals surface area contributed by atoms with Crippen molar-refractivity contribution in [2.75, 3.05) is 13.2 Å². The molecule has 2 rings (SSSR count). The molecule has 0 unspecified atom stereocenters. The Hall–Kier alpha value is -3.00. The van der Waals surface area contributed by atoms with E-state index in [0.717, 1.165) is 18.3 Å². The minimum atomic E-state index is -0.650. The summed E-state index contributed by atoms with van der Waals surface area (Å²) < 4.78 is 31.4. The number of benzene rings is 1. The molecule has 0 radical (unpaired) electrons. The molecule has 2 aromatic rings. The molecular weight excluding hydrogens is 380 g/mol. The van der Waals surface area contributed by atoms with Gasteiger partial charge in [0.2, 0.25) is 0 Å². The van der Waals surface area contributed by atoms with Gasteiger partial charge in [-0.15, -0.1) is 0 Å². The Kier molecular flexibility index (Phi) is 7.25. The van der Waals surface area contributed by atoms with Crippen LogP contribution in [0.25, 0.3) is 0 Å². The van der Waals surface area contributed by atoms with Crippen LogP contribution in [0.2, 0.25) is 5.02 Å². The maximum atomic E-state index is 13.3. The molecule has 0 bridgehead atoms. The number of ether oxygens (including phenoxy) is 1. The summed E-state index contributed by atoms with van der Waals surface area (Å²) in [4.78, 5) is 27.2. The maximum absolute atomic E-state index is 13.3. The molecule has 0 spiro atoms. The molecule has 6 nitrogen and oxygen atoms in total. The van der Waals surface area contributed by atoms with E-state index < -0.39 is 23.4 Å². The number of pyridine rings is 1. The van der Waals surface area contributed by atoms with E-state index >= 15 is 0 Å². The van der Waals surface area contributed by atoms with Crippen molar-refractivity contribution in [3.8, 4) is 5.75 Å². The summed E-state index contributed by atoms with van der Waals surface area (Å²) in [5, 5.41) is 5.01. The number of hydrogen-bond donors (Lipinski definition) is 2. The van der Waals surface area contributed by atoms with E-state index in [0.29, 0.717) is 5.70 Å². The lowest BCUT2D eigenvalue weighted by Gasteiger charge is -2.10. The van der Waals surface area contributed by atoms with E-state index in [1.807, 2.05) is 0 Å². The quantitative estimate of drug-likeness (QED) is 0.720. The molecule has 2 N–H and O–H groups in total. The fraction of sp³-hybridized carbons (Fsp3) is 0.167. The van der Waals surface area contributed by atoms with Crippen molar-refractivity contribution in [2.24, 2.45) is 0 Å². The number of rotatable bonds is 8. The Balaban J connectivity index is 1.69. The predicted molar refractivity (Wildman–Crippen MR) is 95.3 cm³/mol. The van der Waals surface area contributed by atoms with Crippen molar-refractivity contribution in [3.63, 3.8) is 0 Å². The van der Waals surface area contributed by atoms with Crippen molar-refractivity contribution in [3.05, 3.63) is 71.2 Å². The van der Waals surface area contributed by atoms with E-state index in [4.69, 9.17) is 16.3 Å². The zero-order valence-corrected chi connectivity index (χ0v) is 14.9. The summed E-state index contributed by atoms with van der Waals surface area (Å²) in [5.74, 6) is -2.08. The third kappa shape index (κ3) is 6.67. The maximum Gasteiger partial charge on any atom is 0.262 e. The SMILES string of the molecule is C=C(CCNC(=O)c1cncc(F)c1)NC(=O)COc1ccc(Cl)c(F)c1. The summed E-state index contributed by atoms with van der Waals surface area (Å²) in [5.41, 5.74) is 0.441. The van der Waals surface area contributed by atoms with Crippen LogP contribution in [-0.2, 0) is 4.79 Å². The van der Waals surface area contributed by atoms with Crippen LogP contribution < -0.4 is 15.4 Å². The predicted octanol–water partition coefficient (Wildman–Crippen LogP) is 2.84. The minimum Gasteiger partial charge on any atom is -0.484 e. The lowest BCUT2D eigenvalue weighted by molar-refractivity contribution is -0.122. The molecule has 1 heterocycles. The number of aromatic nitrogens is 1. The largest absolute Gasteiger partial charge is 0.484 e. The first-order valence-electron chi connectivity index (χ1n) is 7.79. The van der Waals surface area contributed by atoms with Gasteiger partial charge >= 0.3 is 0 Å². The molecule has 0 aliphatic heterocycles. The summed E-state index contributed by atoms with van der Waals surface area (Å²) in [6, 6.07) is 4.89.